The number of rotatable bonds is 3. The number of piperidine rings is 1. The van der Waals surface area contributed by atoms with Crippen LogP contribution in [0.1, 0.15) is 18.4 Å². The zero-order valence-corrected chi connectivity index (χ0v) is 14.2. The van der Waals surface area contributed by atoms with Crippen molar-refractivity contribution >= 4 is 10.0 Å². The minimum Gasteiger partial charge on any atom is -0.379 e. The molecule has 3 rings (SSSR count). The highest BCUT2D eigenvalue weighted by Gasteiger charge is 2.33. The van der Waals surface area contributed by atoms with Gasteiger partial charge in [-0.3, -0.25) is 4.90 Å². The summed E-state index contributed by atoms with van der Waals surface area (Å²) in [5.74, 6) is -0.516. The average molecular weight is 342 g/mol. The van der Waals surface area contributed by atoms with Gasteiger partial charge >= 0.3 is 0 Å². The number of ether oxygens (including phenoxy) is 1. The van der Waals surface area contributed by atoms with Crippen molar-refractivity contribution in [1.29, 1.82) is 0 Å². The number of hydrogen-bond acceptors (Lipinski definition) is 4. The lowest BCUT2D eigenvalue weighted by Crippen LogP contribution is -2.50. The second-order valence-electron chi connectivity index (χ2n) is 6.19. The molecule has 1 aromatic carbocycles. The van der Waals surface area contributed by atoms with Crippen LogP contribution in [0, 0.1) is 12.7 Å². The molecule has 2 aliphatic heterocycles. The SMILES string of the molecule is Cc1ccc(F)cc1S(=O)(=O)N1CCC(N2CCOCC2)CC1. The zero-order valence-electron chi connectivity index (χ0n) is 13.4. The summed E-state index contributed by atoms with van der Waals surface area (Å²) in [5, 5.41) is 0. The predicted molar refractivity (Wildman–Crippen MR) is 85.3 cm³/mol. The number of nitrogens with zero attached hydrogens (tertiary/aromatic N) is 2. The molecule has 2 heterocycles. The van der Waals surface area contributed by atoms with Gasteiger partial charge in [-0.2, -0.15) is 4.31 Å². The molecule has 5 nitrogen and oxygen atoms in total. The molecule has 0 spiro atoms. The molecule has 0 aromatic heterocycles. The summed E-state index contributed by atoms with van der Waals surface area (Å²) in [7, 11) is -3.62. The number of aryl methyl sites for hydroxylation is 1. The van der Waals surface area contributed by atoms with Crippen molar-refractivity contribution in [3.8, 4) is 0 Å². The molecule has 0 amide bonds. The topological polar surface area (TPSA) is 49.9 Å². The van der Waals surface area contributed by atoms with Gasteiger partial charge in [0.25, 0.3) is 0 Å². The predicted octanol–water partition coefficient (Wildman–Crippen LogP) is 1.62. The molecule has 2 fully saturated rings. The Balaban J connectivity index is 1.69. The Morgan fingerprint density at radius 3 is 2.43 bits per heavy atom. The molecule has 2 aliphatic rings. The molecular weight excluding hydrogens is 319 g/mol. The van der Waals surface area contributed by atoms with Crippen molar-refractivity contribution in [1.82, 2.24) is 9.21 Å². The summed E-state index contributed by atoms with van der Waals surface area (Å²) in [4.78, 5) is 2.48. The van der Waals surface area contributed by atoms with Crippen LogP contribution in [-0.4, -0.2) is 63.1 Å². The lowest BCUT2D eigenvalue weighted by Gasteiger charge is -2.39. The molecule has 1 aromatic rings. The first-order valence-electron chi connectivity index (χ1n) is 8.06. The van der Waals surface area contributed by atoms with Gasteiger partial charge in [0.15, 0.2) is 0 Å². The average Bonchev–Trinajstić information content (AvgIpc) is 2.58. The monoisotopic (exact) mass is 342 g/mol. The highest BCUT2D eigenvalue weighted by molar-refractivity contribution is 7.89. The van der Waals surface area contributed by atoms with E-state index in [1.807, 2.05) is 0 Å². The Morgan fingerprint density at radius 1 is 1.13 bits per heavy atom. The van der Waals surface area contributed by atoms with Crippen LogP contribution in [0.2, 0.25) is 0 Å². The third-order valence-electron chi connectivity index (χ3n) is 4.75. The summed E-state index contributed by atoms with van der Waals surface area (Å²) in [6.07, 6.45) is 1.63. The molecule has 0 N–H and O–H groups in total. The number of morpholine rings is 1. The lowest BCUT2D eigenvalue weighted by atomic mass is 10.0. The summed E-state index contributed by atoms with van der Waals surface area (Å²) >= 11 is 0. The first kappa shape index (κ1) is 16.8. The summed E-state index contributed by atoms with van der Waals surface area (Å²) in [6.45, 7) is 6.01. The third kappa shape index (κ3) is 3.57. The molecular formula is C16H23FN2O3S. The Labute approximate surface area is 137 Å². The minimum absolute atomic E-state index is 0.0855. The van der Waals surface area contributed by atoms with Gasteiger partial charge in [0, 0.05) is 32.2 Å². The van der Waals surface area contributed by atoms with Crippen LogP contribution in [0.5, 0.6) is 0 Å². The quantitative estimate of drug-likeness (QED) is 0.838. The van der Waals surface area contributed by atoms with Gasteiger partial charge in [-0.25, -0.2) is 12.8 Å². The van der Waals surface area contributed by atoms with Crippen LogP contribution in [-0.2, 0) is 14.8 Å². The van der Waals surface area contributed by atoms with E-state index < -0.39 is 15.8 Å². The van der Waals surface area contributed by atoms with Gasteiger partial charge in [0.1, 0.15) is 5.82 Å². The molecule has 7 heteroatoms. The summed E-state index contributed by atoms with van der Waals surface area (Å²) in [6, 6.07) is 4.35. The normalized spacial score (nSPS) is 22.3. The number of sulfonamides is 1. The fourth-order valence-corrected chi connectivity index (χ4v) is 5.09. The lowest BCUT2D eigenvalue weighted by molar-refractivity contribution is 0.00610. The Kier molecular flexibility index (Phi) is 5.01. The fourth-order valence-electron chi connectivity index (χ4n) is 3.38. The highest BCUT2D eigenvalue weighted by atomic mass is 32.2. The van der Waals surface area contributed by atoms with E-state index in [9.17, 15) is 12.8 Å². The van der Waals surface area contributed by atoms with Crippen molar-refractivity contribution in [3.63, 3.8) is 0 Å². The van der Waals surface area contributed by atoms with E-state index in [4.69, 9.17) is 4.74 Å². The van der Waals surface area contributed by atoms with Crippen molar-refractivity contribution in [2.24, 2.45) is 0 Å². The molecule has 0 atom stereocenters. The van der Waals surface area contributed by atoms with Crippen molar-refractivity contribution < 1.29 is 17.5 Å². The Bertz CT molecular complexity index is 651. The largest absolute Gasteiger partial charge is 0.379 e. The fraction of sp³-hybridized carbons (Fsp3) is 0.625. The van der Waals surface area contributed by atoms with Crippen molar-refractivity contribution in [2.75, 3.05) is 39.4 Å². The van der Waals surface area contributed by atoms with Crippen LogP contribution in [0.3, 0.4) is 0 Å². The van der Waals surface area contributed by atoms with Crippen LogP contribution >= 0.6 is 0 Å². The molecule has 2 saturated heterocycles. The van der Waals surface area contributed by atoms with E-state index in [-0.39, 0.29) is 4.90 Å². The van der Waals surface area contributed by atoms with E-state index in [1.54, 1.807) is 6.92 Å². The van der Waals surface area contributed by atoms with Crippen LogP contribution < -0.4 is 0 Å². The van der Waals surface area contributed by atoms with Gasteiger partial charge in [0.2, 0.25) is 10.0 Å². The summed E-state index contributed by atoms with van der Waals surface area (Å²) in [5.41, 5.74) is 0.585. The standard InChI is InChI=1S/C16H23FN2O3S/c1-13-2-3-14(17)12-16(13)23(20,21)19-6-4-15(5-7-19)18-8-10-22-11-9-18/h2-3,12,15H,4-11H2,1H3. The molecule has 0 saturated carbocycles. The van der Waals surface area contributed by atoms with Gasteiger partial charge in [-0.15, -0.1) is 0 Å². The second kappa shape index (κ2) is 6.84. The van der Waals surface area contributed by atoms with Gasteiger partial charge < -0.3 is 4.74 Å². The Morgan fingerprint density at radius 2 is 1.78 bits per heavy atom. The molecule has 0 unspecified atom stereocenters. The highest BCUT2D eigenvalue weighted by Crippen LogP contribution is 2.26. The second-order valence-corrected chi connectivity index (χ2v) is 8.10. The van der Waals surface area contributed by atoms with Crippen LogP contribution in [0.4, 0.5) is 4.39 Å². The van der Waals surface area contributed by atoms with Crippen molar-refractivity contribution in [3.05, 3.63) is 29.6 Å². The number of hydrogen-bond donors (Lipinski definition) is 0. The third-order valence-corrected chi connectivity index (χ3v) is 6.79. The maximum atomic E-state index is 13.4. The Hall–Kier alpha value is -1.02. The van der Waals surface area contributed by atoms with E-state index >= 15 is 0 Å². The van der Waals surface area contributed by atoms with Crippen LogP contribution in [0.15, 0.2) is 23.1 Å². The van der Waals surface area contributed by atoms with Gasteiger partial charge in [-0.1, -0.05) is 6.07 Å². The minimum atomic E-state index is -3.62. The van der Waals surface area contributed by atoms with Gasteiger partial charge in [-0.05, 0) is 37.5 Å². The molecule has 0 bridgehead atoms. The molecule has 23 heavy (non-hydrogen) atoms. The van der Waals surface area contributed by atoms with E-state index in [0.29, 0.717) is 24.7 Å². The molecule has 0 aliphatic carbocycles. The molecule has 128 valence electrons. The van der Waals surface area contributed by atoms with E-state index in [1.165, 1.54) is 16.4 Å². The molecule has 0 radical (unpaired) electrons. The first-order valence-corrected chi connectivity index (χ1v) is 9.50. The smallest absolute Gasteiger partial charge is 0.243 e. The van der Waals surface area contributed by atoms with Crippen LogP contribution in [0.25, 0.3) is 0 Å². The summed E-state index contributed by atoms with van der Waals surface area (Å²) < 4.78 is 45.8. The first-order chi connectivity index (χ1) is 11.0. The zero-order chi connectivity index (χ0) is 16.4. The number of halogens is 1. The number of benzene rings is 1. The van der Waals surface area contributed by atoms with E-state index in [0.717, 1.165) is 45.2 Å². The van der Waals surface area contributed by atoms with E-state index in [2.05, 4.69) is 4.90 Å². The maximum absolute atomic E-state index is 13.4. The maximum Gasteiger partial charge on any atom is 0.243 e. The van der Waals surface area contributed by atoms with Gasteiger partial charge in [0.05, 0.1) is 18.1 Å². The van der Waals surface area contributed by atoms with Crippen molar-refractivity contribution in [2.45, 2.75) is 30.7 Å².